The molecule has 7 nitrogen and oxygen atoms in total. The number of ether oxygens (including phenoxy) is 2. The molecule has 0 aliphatic carbocycles. The maximum absolute atomic E-state index is 12.6. The minimum atomic E-state index is -0.707. The number of halogens is 1. The molecule has 1 aliphatic heterocycles. The van der Waals surface area contributed by atoms with E-state index in [1.165, 1.54) is 0 Å². The summed E-state index contributed by atoms with van der Waals surface area (Å²) in [4.78, 5) is 38.0. The number of carbonyl (C=O) groups is 3. The number of nitriles is 1. The van der Waals surface area contributed by atoms with Crippen molar-refractivity contribution >= 4 is 50.9 Å². The topological polar surface area (TPSA) is 96.7 Å². The molecule has 2 amide bonds. The number of hydrogen-bond donors (Lipinski definition) is 0. The fraction of sp³-hybridized carbons (Fsp3) is 0.250. The number of imide groups is 1. The van der Waals surface area contributed by atoms with Gasteiger partial charge in [0.1, 0.15) is 24.5 Å². The minimum absolute atomic E-state index is 0.215. The molecule has 0 unspecified atom stereocenters. The van der Waals surface area contributed by atoms with Crippen molar-refractivity contribution in [3.63, 3.8) is 0 Å². The van der Waals surface area contributed by atoms with Crippen LogP contribution in [0.2, 0.25) is 0 Å². The van der Waals surface area contributed by atoms with Crippen LogP contribution in [0.5, 0.6) is 5.75 Å². The first kappa shape index (κ1) is 24.6. The molecule has 0 N–H and O–H groups in total. The van der Waals surface area contributed by atoms with Gasteiger partial charge in [0.15, 0.2) is 0 Å². The van der Waals surface area contributed by atoms with E-state index in [-0.39, 0.29) is 11.5 Å². The Morgan fingerprint density at radius 2 is 1.94 bits per heavy atom. The van der Waals surface area contributed by atoms with Crippen LogP contribution in [0.15, 0.2) is 51.8 Å². The Morgan fingerprint density at radius 1 is 1.21 bits per heavy atom. The molecule has 9 heteroatoms. The molecule has 0 radical (unpaired) electrons. The van der Waals surface area contributed by atoms with Crippen LogP contribution in [-0.4, -0.2) is 34.2 Å². The summed E-state index contributed by atoms with van der Waals surface area (Å²) >= 11 is 4.23. The highest BCUT2D eigenvalue weighted by Crippen LogP contribution is 2.34. The Hall–Kier alpha value is -3.09. The number of carbonyl (C=O) groups excluding carboxylic acids is 3. The summed E-state index contributed by atoms with van der Waals surface area (Å²) < 4.78 is 11.7. The maximum atomic E-state index is 12.6. The van der Waals surface area contributed by atoms with Gasteiger partial charge in [-0.05, 0) is 78.3 Å². The van der Waals surface area contributed by atoms with Crippen molar-refractivity contribution in [3.05, 3.63) is 68.5 Å². The first-order valence-electron chi connectivity index (χ1n) is 9.95. The van der Waals surface area contributed by atoms with Gasteiger partial charge >= 0.3 is 5.97 Å². The van der Waals surface area contributed by atoms with E-state index in [2.05, 4.69) is 22.0 Å². The summed E-state index contributed by atoms with van der Waals surface area (Å²) in [5.74, 6) is -0.619. The maximum Gasteiger partial charge on any atom is 0.326 e. The predicted molar refractivity (Wildman–Crippen MR) is 128 cm³/mol. The van der Waals surface area contributed by atoms with E-state index in [1.54, 1.807) is 57.2 Å². The Kier molecular flexibility index (Phi) is 7.61. The Morgan fingerprint density at radius 3 is 2.61 bits per heavy atom. The second-order valence-electron chi connectivity index (χ2n) is 8.10. The van der Waals surface area contributed by atoms with Crippen molar-refractivity contribution in [1.82, 2.24) is 4.90 Å². The first-order valence-corrected chi connectivity index (χ1v) is 11.6. The number of hydrogen-bond acceptors (Lipinski definition) is 7. The van der Waals surface area contributed by atoms with Crippen LogP contribution in [0.25, 0.3) is 6.08 Å². The van der Waals surface area contributed by atoms with Gasteiger partial charge in [-0.15, -0.1) is 0 Å². The van der Waals surface area contributed by atoms with E-state index in [0.29, 0.717) is 21.3 Å². The van der Waals surface area contributed by atoms with Gasteiger partial charge in [0, 0.05) is 5.56 Å². The van der Waals surface area contributed by atoms with Crippen molar-refractivity contribution < 1.29 is 23.9 Å². The fourth-order valence-corrected chi connectivity index (χ4v) is 4.27. The van der Waals surface area contributed by atoms with Crippen molar-refractivity contribution in [2.24, 2.45) is 0 Å². The van der Waals surface area contributed by atoms with Crippen LogP contribution in [-0.2, 0) is 20.9 Å². The quantitative estimate of drug-likeness (QED) is 0.371. The third-order valence-corrected chi connectivity index (χ3v) is 5.88. The molecular weight excluding hydrogens is 508 g/mol. The lowest BCUT2D eigenvalue weighted by Crippen LogP contribution is -2.37. The summed E-state index contributed by atoms with van der Waals surface area (Å²) in [6.45, 7) is 4.94. The van der Waals surface area contributed by atoms with Crippen LogP contribution in [0, 0.1) is 11.3 Å². The monoisotopic (exact) mass is 528 g/mol. The van der Waals surface area contributed by atoms with Crippen LogP contribution in [0.3, 0.4) is 0 Å². The standard InChI is InChI=1S/C24H21BrN2O5S/c1-24(2,3)32-21(28)13-27-22(29)20(33-23(27)30)11-15-8-9-19(18(25)10-15)31-14-17-7-5-4-6-16(17)12-26/h4-11H,13-14H2,1-3H3. The molecule has 0 spiro atoms. The van der Waals surface area contributed by atoms with Crippen molar-refractivity contribution in [3.8, 4) is 11.8 Å². The molecule has 33 heavy (non-hydrogen) atoms. The zero-order chi connectivity index (χ0) is 24.2. The number of benzene rings is 2. The molecule has 0 atom stereocenters. The molecule has 1 heterocycles. The van der Waals surface area contributed by atoms with Gasteiger partial charge in [-0.1, -0.05) is 24.3 Å². The molecule has 1 aliphatic rings. The van der Waals surface area contributed by atoms with Crippen LogP contribution >= 0.6 is 27.7 Å². The summed E-state index contributed by atoms with van der Waals surface area (Å²) in [6.07, 6.45) is 1.58. The molecule has 2 aromatic carbocycles. The zero-order valence-electron chi connectivity index (χ0n) is 18.3. The SMILES string of the molecule is CC(C)(C)OC(=O)CN1C(=O)SC(=Cc2ccc(OCc3ccccc3C#N)c(Br)c2)C1=O. The van der Waals surface area contributed by atoms with E-state index in [4.69, 9.17) is 9.47 Å². The number of thioether (sulfide) groups is 1. The van der Waals surface area contributed by atoms with E-state index in [9.17, 15) is 19.6 Å². The summed E-state index contributed by atoms with van der Waals surface area (Å²) in [5.41, 5.74) is 1.29. The normalized spacial score (nSPS) is 15.0. The highest BCUT2D eigenvalue weighted by Gasteiger charge is 2.37. The van der Waals surface area contributed by atoms with Gasteiger partial charge in [0.2, 0.25) is 0 Å². The number of amides is 2. The average Bonchev–Trinajstić information content (AvgIpc) is 2.99. The van der Waals surface area contributed by atoms with Gasteiger partial charge in [-0.3, -0.25) is 19.3 Å². The van der Waals surface area contributed by atoms with Gasteiger partial charge in [0.25, 0.3) is 11.1 Å². The van der Waals surface area contributed by atoms with E-state index < -0.39 is 29.3 Å². The number of rotatable bonds is 6. The predicted octanol–water partition coefficient (Wildman–Crippen LogP) is 5.28. The molecule has 170 valence electrons. The lowest BCUT2D eigenvalue weighted by atomic mass is 10.1. The molecule has 2 aromatic rings. The molecule has 0 bridgehead atoms. The lowest BCUT2D eigenvalue weighted by molar-refractivity contribution is -0.156. The van der Waals surface area contributed by atoms with E-state index in [0.717, 1.165) is 22.2 Å². The third-order valence-electron chi connectivity index (χ3n) is 4.36. The smallest absolute Gasteiger partial charge is 0.326 e. The molecule has 0 aromatic heterocycles. The fourth-order valence-electron chi connectivity index (χ4n) is 2.93. The largest absolute Gasteiger partial charge is 0.488 e. The lowest BCUT2D eigenvalue weighted by Gasteiger charge is -2.21. The molecular formula is C24H21BrN2O5S. The van der Waals surface area contributed by atoms with Crippen molar-refractivity contribution in [1.29, 1.82) is 5.26 Å². The third kappa shape index (κ3) is 6.46. The van der Waals surface area contributed by atoms with Gasteiger partial charge in [-0.25, -0.2) is 0 Å². The number of nitrogens with zero attached hydrogens (tertiary/aromatic N) is 2. The van der Waals surface area contributed by atoms with E-state index >= 15 is 0 Å². The van der Waals surface area contributed by atoms with Crippen LogP contribution < -0.4 is 4.74 Å². The Balaban J connectivity index is 1.69. The van der Waals surface area contributed by atoms with Gasteiger partial charge in [-0.2, -0.15) is 5.26 Å². The van der Waals surface area contributed by atoms with Gasteiger partial charge < -0.3 is 9.47 Å². The van der Waals surface area contributed by atoms with E-state index in [1.807, 2.05) is 12.1 Å². The molecule has 3 rings (SSSR count). The summed E-state index contributed by atoms with van der Waals surface area (Å²) in [6, 6.07) is 14.6. The van der Waals surface area contributed by atoms with Crippen molar-refractivity contribution in [2.75, 3.05) is 6.54 Å². The molecule has 1 fully saturated rings. The number of esters is 1. The van der Waals surface area contributed by atoms with Crippen molar-refractivity contribution in [2.45, 2.75) is 33.0 Å². The zero-order valence-corrected chi connectivity index (χ0v) is 20.7. The Labute approximate surface area is 204 Å². The van der Waals surface area contributed by atoms with Crippen LogP contribution in [0.1, 0.15) is 37.5 Å². The second kappa shape index (κ2) is 10.2. The van der Waals surface area contributed by atoms with Gasteiger partial charge in [0.05, 0.1) is 21.0 Å². The second-order valence-corrected chi connectivity index (χ2v) is 9.95. The molecule has 0 saturated carbocycles. The minimum Gasteiger partial charge on any atom is -0.488 e. The Bertz CT molecular complexity index is 1180. The first-order chi connectivity index (χ1) is 15.6. The van der Waals surface area contributed by atoms with Crippen LogP contribution in [0.4, 0.5) is 4.79 Å². The highest BCUT2D eigenvalue weighted by atomic mass is 79.9. The molecule has 1 saturated heterocycles. The summed E-state index contributed by atoms with van der Waals surface area (Å²) in [7, 11) is 0. The average molecular weight is 529 g/mol. The highest BCUT2D eigenvalue weighted by molar-refractivity contribution is 9.10. The summed E-state index contributed by atoms with van der Waals surface area (Å²) in [5, 5.41) is 8.67.